The van der Waals surface area contributed by atoms with Crippen molar-refractivity contribution in [2.45, 2.75) is 33.2 Å². The highest BCUT2D eigenvalue weighted by Gasteiger charge is 2.15. The molecule has 29 heavy (non-hydrogen) atoms. The molecule has 0 aliphatic carbocycles. The van der Waals surface area contributed by atoms with Crippen molar-refractivity contribution in [1.82, 2.24) is 25.5 Å². The number of hydrogen-bond acceptors (Lipinski definition) is 6. The third kappa shape index (κ3) is 6.68. The molecule has 0 amide bonds. The van der Waals surface area contributed by atoms with Crippen LogP contribution in [0.2, 0.25) is 0 Å². The lowest BCUT2D eigenvalue weighted by Crippen LogP contribution is -2.44. The van der Waals surface area contributed by atoms with Crippen molar-refractivity contribution in [3.63, 3.8) is 0 Å². The van der Waals surface area contributed by atoms with Gasteiger partial charge in [-0.05, 0) is 38.1 Å². The fraction of sp³-hybridized carbons (Fsp3) is 0.571. The van der Waals surface area contributed by atoms with E-state index in [1.54, 1.807) is 11.3 Å². The van der Waals surface area contributed by atoms with Crippen molar-refractivity contribution in [2.24, 2.45) is 4.99 Å². The average molecular weight is 416 g/mol. The highest BCUT2D eigenvalue weighted by molar-refractivity contribution is 7.11. The molecule has 1 fully saturated rings. The minimum Gasteiger partial charge on any atom is -0.357 e. The zero-order chi connectivity index (χ0) is 20.5. The van der Waals surface area contributed by atoms with Crippen LogP contribution in [0.15, 0.2) is 29.5 Å². The summed E-state index contributed by atoms with van der Waals surface area (Å²) in [5.74, 6) is 1.90. The Morgan fingerprint density at radius 3 is 2.72 bits per heavy atom. The number of guanidine groups is 1. The Balaban J connectivity index is 1.54. The standard InChI is InChI=1S/C21H33N7S/c1-4-18-16-25-20(29-18)7-9-24-21(22-5-2)26-15-17-6-8-23-19(14-17)28-12-10-27(3)11-13-28/h6,8,14,16H,4-5,7,9-13,15H2,1-3H3,(H2,22,24,26). The molecule has 1 aliphatic heterocycles. The third-order valence-electron chi connectivity index (χ3n) is 4.98. The number of nitrogens with one attached hydrogen (secondary N) is 2. The fourth-order valence-electron chi connectivity index (χ4n) is 3.19. The van der Waals surface area contributed by atoms with Gasteiger partial charge in [-0.15, -0.1) is 11.3 Å². The van der Waals surface area contributed by atoms with Crippen LogP contribution in [0.1, 0.15) is 29.3 Å². The smallest absolute Gasteiger partial charge is 0.191 e. The Hall–Kier alpha value is -2.19. The molecule has 1 aliphatic rings. The van der Waals surface area contributed by atoms with Crippen molar-refractivity contribution in [3.05, 3.63) is 40.0 Å². The van der Waals surface area contributed by atoms with Gasteiger partial charge in [-0.1, -0.05) is 6.92 Å². The maximum Gasteiger partial charge on any atom is 0.191 e. The number of nitrogens with zero attached hydrogens (tertiary/aromatic N) is 5. The van der Waals surface area contributed by atoms with E-state index in [2.05, 4.69) is 63.4 Å². The number of aryl methyl sites for hydroxylation is 1. The van der Waals surface area contributed by atoms with Crippen molar-refractivity contribution in [1.29, 1.82) is 0 Å². The molecule has 158 valence electrons. The van der Waals surface area contributed by atoms with Crippen molar-refractivity contribution in [2.75, 3.05) is 51.2 Å². The first kappa shape index (κ1) is 21.5. The third-order valence-corrected chi connectivity index (χ3v) is 6.18. The zero-order valence-electron chi connectivity index (χ0n) is 17.8. The van der Waals surface area contributed by atoms with Gasteiger partial charge in [0.1, 0.15) is 5.82 Å². The first-order valence-corrected chi connectivity index (χ1v) is 11.3. The molecule has 3 heterocycles. The lowest BCUT2D eigenvalue weighted by Gasteiger charge is -2.33. The van der Waals surface area contributed by atoms with E-state index in [9.17, 15) is 0 Å². The van der Waals surface area contributed by atoms with Gasteiger partial charge in [0.25, 0.3) is 0 Å². The second-order valence-electron chi connectivity index (χ2n) is 7.26. The number of rotatable bonds is 8. The Kier molecular flexibility index (Phi) is 8.25. The largest absolute Gasteiger partial charge is 0.357 e. The summed E-state index contributed by atoms with van der Waals surface area (Å²) in [4.78, 5) is 19.9. The highest BCUT2D eigenvalue weighted by atomic mass is 32.1. The predicted octanol–water partition coefficient (Wildman–Crippen LogP) is 2.15. The van der Waals surface area contributed by atoms with Crippen molar-refractivity contribution < 1.29 is 0 Å². The lowest BCUT2D eigenvalue weighted by atomic mass is 10.2. The van der Waals surface area contributed by atoms with Crippen LogP contribution in [-0.2, 0) is 19.4 Å². The second-order valence-corrected chi connectivity index (χ2v) is 8.46. The van der Waals surface area contributed by atoms with Gasteiger partial charge in [0.2, 0.25) is 0 Å². The van der Waals surface area contributed by atoms with Crippen LogP contribution in [0.4, 0.5) is 5.82 Å². The van der Waals surface area contributed by atoms with E-state index in [1.165, 1.54) is 15.4 Å². The molecule has 2 aromatic rings. The maximum atomic E-state index is 4.76. The molecule has 8 heteroatoms. The van der Waals surface area contributed by atoms with Gasteiger partial charge in [0, 0.05) is 63.0 Å². The number of pyridine rings is 1. The molecular formula is C21H33N7S. The monoisotopic (exact) mass is 415 g/mol. The lowest BCUT2D eigenvalue weighted by molar-refractivity contribution is 0.312. The van der Waals surface area contributed by atoms with E-state index in [0.717, 1.165) is 63.9 Å². The fourth-order valence-corrected chi connectivity index (χ4v) is 4.06. The zero-order valence-corrected chi connectivity index (χ0v) is 18.6. The molecule has 0 atom stereocenters. The van der Waals surface area contributed by atoms with E-state index < -0.39 is 0 Å². The normalized spacial score (nSPS) is 15.6. The van der Waals surface area contributed by atoms with Gasteiger partial charge in [0.15, 0.2) is 5.96 Å². The molecule has 0 saturated carbocycles. The van der Waals surface area contributed by atoms with E-state index >= 15 is 0 Å². The summed E-state index contributed by atoms with van der Waals surface area (Å²) >= 11 is 1.80. The predicted molar refractivity (Wildman–Crippen MR) is 122 cm³/mol. The van der Waals surface area contributed by atoms with Crippen LogP contribution in [0.25, 0.3) is 0 Å². The molecule has 0 spiro atoms. The van der Waals surface area contributed by atoms with Crippen LogP contribution in [-0.4, -0.2) is 67.1 Å². The van der Waals surface area contributed by atoms with E-state index in [1.807, 2.05) is 12.4 Å². The molecule has 1 saturated heterocycles. The number of aromatic nitrogens is 2. The Labute approximate surface area is 178 Å². The summed E-state index contributed by atoms with van der Waals surface area (Å²) in [7, 11) is 2.17. The van der Waals surface area contributed by atoms with Gasteiger partial charge < -0.3 is 20.4 Å². The molecule has 0 unspecified atom stereocenters. The summed E-state index contributed by atoms with van der Waals surface area (Å²) in [5.41, 5.74) is 1.18. The number of likely N-dealkylation sites (N-methyl/N-ethyl adjacent to an activating group) is 1. The van der Waals surface area contributed by atoms with Gasteiger partial charge in [-0.25, -0.2) is 15.0 Å². The van der Waals surface area contributed by atoms with Crippen LogP contribution < -0.4 is 15.5 Å². The van der Waals surface area contributed by atoms with Crippen molar-refractivity contribution >= 4 is 23.1 Å². The minimum absolute atomic E-state index is 0.635. The molecule has 7 nitrogen and oxygen atoms in total. The quantitative estimate of drug-likeness (QED) is 0.509. The maximum absolute atomic E-state index is 4.76. The van der Waals surface area contributed by atoms with E-state index in [-0.39, 0.29) is 0 Å². The summed E-state index contributed by atoms with van der Waals surface area (Å²) in [5, 5.41) is 7.93. The molecule has 0 bridgehead atoms. The molecule has 0 aromatic carbocycles. The highest BCUT2D eigenvalue weighted by Crippen LogP contribution is 2.15. The van der Waals surface area contributed by atoms with E-state index in [0.29, 0.717) is 6.54 Å². The van der Waals surface area contributed by atoms with Crippen LogP contribution in [0.5, 0.6) is 0 Å². The first-order chi connectivity index (χ1) is 14.2. The minimum atomic E-state index is 0.635. The number of piperazine rings is 1. The summed E-state index contributed by atoms with van der Waals surface area (Å²) in [6.45, 7) is 10.8. The molecule has 2 N–H and O–H groups in total. The van der Waals surface area contributed by atoms with Gasteiger partial charge >= 0.3 is 0 Å². The second kappa shape index (κ2) is 11.1. The van der Waals surface area contributed by atoms with Crippen LogP contribution >= 0.6 is 11.3 Å². The summed E-state index contributed by atoms with van der Waals surface area (Å²) in [6, 6.07) is 4.22. The average Bonchev–Trinajstić information content (AvgIpc) is 3.21. The summed E-state index contributed by atoms with van der Waals surface area (Å²) in [6.07, 6.45) is 5.85. The molecule has 3 rings (SSSR count). The van der Waals surface area contributed by atoms with Gasteiger partial charge in [-0.2, -0.15) is 0 Å². The molecule has 2 aromatic heterocycles. The number of thiazole rings is 1. The SMILES string of the molecule is CCNC(=NCc1ccnc(N2CCN(C)CC2)c1)NCCc1ncc(CC)s1. The van der Waals surface area contributed by atoms with Crippen LogP contribution in [0, 0.1) is 0 Å². The number of anilines is 1. The summed E-state index contributed by atoms with van der Waals surface area (Å²) < 4.78 is 0. The Morgan fingerprint density at radius 1 is 1.17 bits per heavy atom. The topological polar surface area (TPSA) is 68.7 Å². The number of aliphatic imine (C=N–C) groups is 1. The Bertz CT molecular complexity index is 781. The molecule has 0 radical (unpaired) electrons. The molecular weight excluding hydrogens is 382 g/mol. The van der Waals surface area contributed by atoms with Crippen molar-refractivity contribution in [3.8, 4) is 0 Å². The Morgan fingerprint density at radius 2 is 2.00 bits per heavy atom. The van der Waals surface area contributed by atoms with E-state index in [4.69, 9.17) is 4.99 Å². The first-order valence-electron chi connectivity index (χ1n) is 10.5. The number of hydrogen-bond donors (Lipinski definition) is 2. The van der Waals surface area contributed by atoms with Crippen LogP contribution in [0.3, 0.4) is 0 Å². The van der Waals surface area contributed by atoms with Gasteiger partial charge in [0.05, 0.1) is 11.6 Å². The van der Waals surface area contributed by atoms with Gasteiger partial charge in [-0.3, -0.25) is 0 Å².